The van der Waals surface area contributed by atoms with Crippen molar-refractivity contribution < 1.29 is 29.3 Å². The summed E-state index contributed by atoms with van der Waals surface area (Å²) in [5.74, 6) is 0.342. The third kappa shape index (κ3) is 5.75. The number of hydrogen-bond donors (Lipinski definition) is 4. The highest BCUT2D eigenvalue weighted by Crippen LogP contribution is 2.61. The summed E-state index contributed by atoms with van der Waals surface area (Å²) in [6, 6.07) is 7.51. The normalized spacial score (nSPS) is 32.5. The van der Waals surface area contributed by atoms with Gasteiger partial charge in [0.15, 0.2) is 0 Å². The first-order chi connectivity index (χ1) is 16.5. The standard InChI is InChI=1S/C27H42N2O6/c1-17(2)29-25(33)35-23-12-13-26(3)19(20(31)10-11-22(26)27(23,4)16-30)14-24(32)28-15-18-8-6-7-9-21(18)34-5/h6-9,17,19-20,22-23,30-31H,10-16H2,1-5H3,(H,28,32)(H,29,33)/t19-,20-,22+,23+,26-,27+/m1/s1. The van der Waals surface area contributed by atoms with Crippen molar-refractivity contribution in [1.82, 2.24) is 10.6 Å². The van der Waals surface area contributed by atoms with E-state index >= 15 is 0 Å². The van der Waals surface area contributed by atoms with Gasteiger partial charge in [0.05, 0.1) is 19.8 Å². The molecule has 2 aliphatic rings. The number of nitrogens with one attached hydrogen (secondary N) is 2. The smallest absolute Gasteiger partial charge is 0.407 e. The van der Waals surface area contributed by atoms with Gasteiger partial charge in [0.25, 0.3) is 0 Å². The van der Waals surface area contributed by atoms with Crippen LogP contribution < -0.4 is 15.4 Å². The highest BCUT2D eigenvalue weighted by Gasteiger charge is 2.60. The number of benzene rings is 1. The third-order valence-corrected chi connectivity index (χ3v) is 8.41. The Bertz CT molecular complexity index is 892. The second-order valence-electron chi connectivity index (χ2n) is 11.0. The van der Waals surface area contributed by atoms with E-state index in [1.54, 1.807) is 7.11 Å². The second kappa shape index (κ2) is 11.2. The molecule has 2 aliphatic carbocycles. The summed E-state index contributed by atoms with van der Waals surface area (Å²) < 4.78 is 11.2. The minimum Gasteiger partial charge on any atom is -0.496 e. The van der Waals surface area contributed by atoms with E-state index in [0.717, 1.165) is 11.3 Å². The van der Waals surface area contributed by atoms with E-state index < -0.39 is 23.7 Å². The number of methoxy groups -OCH3 is 1. The molecule has 6 atom stereocenters. The Morgan fingerprint density at radius 3 is 2.54 bits per heavy atom. The molecular formula is C27H42N2O6. The molecule has 0 spiro atoms. The van der Waals surface area contributed by atoms with Gasteiger partial charge >= 0.3 is 6.09 Å². The number of alkyl carbamates (subject to hydrolysis) is 1. The van der Waals surface area contributed by atoms with Crippen LogP contribution in [-0.4, -0.2) is 54.2 Å². The molecule has 2 amide bonds. The molecule has 2 fully saturated rings. The average molecular weight is 491 g/mol. The third-order valence-electron chi connectivity index (χ3n) is 8.41. The summed E-state index contributed by atoms with van der Waals surface area (Å²) in [6.07, 6.45) is 1.22. The maximum absolute atomic E-state index is 13.0. The molecule has 0 aromatic heterocycles. The number of aliphatic hydroxyl groups is 2. The number of carbonyl (C=O) groups is 2. The molecule has 0 unspecified atom stereocenters. The lowest BCUT2D eigenvalue weighted by atomic mass is 9.46. The minimum absolute atomic E-state index is 0.000942. The largest absolute Gasteiger partial charge is 0.496 e. The summed E-state index contributed by atoms with van der Waals surface area (Å²) in [4.78, 5) is 25.3. The zero-order valence-corrected chi connectivity index (χ0v) is 21.7. The molecule has 8 heteroatoms. The van der Waals surface area contributed by atoms with Gasteiger partial charge in [-0.2, -0.15) is 0 Å². The predicted molar refractivity (Wildman–Crippen MR) is 133 cm³/mol. The first-order valence-electron chi connectivity index (χ1n) is 12.7. The fourth-order valence-corrected chi connectivity index (χ4v) is 6.49. The second-order valence-corrected chi connectivity index (χ2v) is 11.0. The fraction of sp³-hybridized carbons (Fsp3) is 0.704. The first-order valence-corrected chi connectivity index (χ1v) is 12.7. The van der Waals surface area contributed by atoms with Crippen LogP contribution in [0.25, 0.3) is 0 Å². The van der Waals surface area contributed by atoms with E-state index in [2.05, 4.69) is 17.6 Å². The Kier molecular flexibility index (Phi) is 8.70. The average Bonchev–Trinajstić information content (AvgIpc) is 2.81. The zero-order valence-electron chi connectivity index (χ0n) is 21.7. The van der Waals surface area contributed by atoms with E-state index in [1.807, 2.05) is 45.0 Å². The highest BCUT2D eigenvalue weighted by molar-refractivity contribution is 5.76. The number of fused-ring (bicyclic) bond motifs is 1. The maximum atomic E-state index is 13.0. The van der Waals surface area contributed by atoms with Gasteiger partial charge in [-0.15, -0.1) is 0 Å². The lowest BCUT2D eigenvalue weighted by molar-refractivity contribution is -0.186. The topological polar surface area (TPSA) is 117 Å². The van der Waals surface area contributed by atoms with E-state index in [1.165, 1.54) is 0 Å². The fourth-order valence-electron chi connectivity index (χ4n) is 6.49. The van der Waals surface area contributed by atoms with Gasteiger partial charge in [0, 0.05) is 30.0 Å². The Morgan fingerprint density at radius 2 is 1.89 bits per heavy atom. The molecule has 0 saturated heterocycles. The Balaban J connectivity index is 1.73. The molecule has 0 radical (unpaired) electrons. The Morgan fingerprint density at radius 1 is 1.17 bits per heavy atom. The summed E-state index contributed by atoms with van der Waals surface area (Å²) in [5.41, 5.74) is -0.138. The van der Waals surface area contributed by atoms with Crippen molar-refractivity contribution in [1.29, 1.82) is 0 Å². The Labute approximate surface area is 208 Å². The number of hydrogen-bond acceptors (Lipinski definition) is 6. The lowest BCUT2D eigenvalue weighted by Crippen LogP contribution is -2.61. The van der Waals surface area contributed by atoms with Crippen LogP contribution in [0.15, 0.2) is 24.3 Å². The quantitative estimate of drug-likeness (QED) is 0.444. The monoisotopic (exact) mass is 490 g/mol. The van der Waals surface area contributed by atoms with Crippen LogP contribution in [0.2, 0.25) is 0 Å². The molecule has 4 N–H and O–H groups in total. The number of carbonyl (C=O) groups excluding carboxylic acids is 2. The van der Waals surface area contributed by atoms with Gasteiger partial charge < -0.3 is 30.3 Å². The van der Waals surface area contributed by atoms with Crippen molar-refractivity contribution in [3.05, 3.63) is 29.8 Å². The van der Waals surface area contributed by atoms with Gasteiger partial charge in [-0.3, -0.25) is 4.79 Å². The van der Waals surface area contributed by atoms with Crippen LogP contribution in [0.1, 0.15) is 65.4 Å². The van der Waals surface area contributed by atoms with Gasteiger partial charge in [-0.1, -0.05) is 32.0 Å². The van der Waals surface area contributed by atoms with Crippen molar-refractivity contribution in [3.8, 4) is 5.75 Å². The van der Waals surface area contributed by atoms with E-state index in [0.29, 0.717) is 32.2 Å². The molecule has 196 valence electrons. The van der Waals surface area contributed by atoms with Crippen molar-refractivity contribution >= 4 is 12.0 Å². The molecule has 1 aromatic rings. The van der Waals surface area contributed by atoms with E-state index in [-0.39, 0.29) is 42.2 Å². The molecule has 1 aromatic carbocycles. The molecule has 0 aliphatic heterocycles. The lowest BCUT2D eigenvalue weighted by Gasteiger charge is -2.60. The van der Waals surface area contributed by atoms with Crippen LogP contribution in [0.5, 0.6) is 5.75 Å². The molecule has 8 nitrogen and oxygen atoms in total. The van der Waals surface area contributed by atoms with Crippen LogP contribution in [0.4, 0.5) is 4.79 Å². The maximum Gasteiger partial charge on any atom is 0.407 e. The predicted octanol–water partition coefficient (Wildman–Crippen LogP) is 3.39. The van der Waals surface area contributed by atoms with Crippen LogP contribution in [0.3, 0.4) is 0 Å². The van der Waals surface area contributed by atoms with Crippen molar-refractivity contribution in [2.45, 2.75) is 84.6 Å². The molecule has 2 saturated carbocycles. The van der Waals surface area contributed by atoms with Crippen molar-refractivity contribution in [2.75, 3.05) is 13.7 Å². The van der Waals surface area contributed by atoms with Crippen LogP contribution >= 0.6 is 0 Å². The van der Waals surface area contributed by atoms with E-state index in [4.69, 9.17) is 9.47 Å². The van der Waals surface area contributed by atoms with Gasteiger partial charge in [0.1, 0.15) is 11.9 Å². The van der Waals surface area contributed by atoms with E-state index in [9.17, 15) is 19.8 Å². The van der Waals surface area contributed by atoms with Crippen LogP contribution in [-0.2, 0) is 16.1 Å². The zero-order chi connectivity index (χ0) is 25.8. The number of rotatable bonds is 8. The number of para-hydroxylation sites is 1. The number of aliphatic hydroxyl groups excluding tert-OH is 2. The molecule has 0 bridgehead atoms. The molecule has 3 rings (SSSR count). The van der Waals surface area contributed by atoms with Gasteiger partial charge in [-0.05, 0) is 62.8 Å². The summed E-state index contributed by atoms with van der Waals surface area (Å²) >= 11 is 0. The van der Waals surface area contributed by atoms with Gasteiger partial charge in [0.2, 0.25) is 5.91 Å². The molecule has 0 heterocycles. The summed E-state index contributed by atoms with van der Waals surface area (Å²) in [6.45, 7) is 8.05. The summed E-state index contributed by atoms with van der Waals surface area (Å²) in [7, 11) is 1.60. The highest BCUT2D eigenvalue weighted by atomic mass is 16.6. The van der Waals surface area contributed by atoms with Gasteiger partial charge in [-0.25, -0.2) is 4.79 Å². The first kappa shape index (κ1) is 27.3. The molecular weight excluding hydrogens is 448 g/mol. The Hall–Kier alpha value is -2.32. The minimum atomic E-state index is -0.659. The summed E-state index contributed by atoms with van der Waals surface area (Å²) in [5, 5.41) is 27.2. The van der Waals surface area contributed by atoms with Crippen molar-refractivity contribution in [2.24, 2.45) is 22.7 Å². The number of ether oxygens (including phenoxy) is 2. The molecule has 35 heavy (non-hydrogen) atoms. The number of amides is 2. The van der Waals surface area contributed by atoms with Crippen molar-refractivity contribution in [3.63, 3.8) is 0 Å². The SMILES string of the molecule is COc1ccccc1CNC(=O)C[C@@H]1[C@H](O)CC[C@@H]2[C@](C)(CO)[C@@H](OC(=O)NC(C)C)CC[C@@]21C. The van der Waals surface area contributed by atoms with Crippen LogP contribution in [0, 0.1) is 22.7 Å².